The summed E-state index contributed by atoms with van der Waals surface area (Å²) in [6.07, 6.45) is 0.228. The second-order valence-corrected chi connectivity index (χ2v) is 7.90. The average Bonchev–Trinajstić information content (AvgIpc) is 3.11. The molecule has 29 heavy (non-hydrogen) atoms. The normalized spacial score (nSPS) is 16.1. The van der Waals surface area contributed by atoms with Crippen LogP contribution in [0.2, 0.25) is 5.02 Å². The smallest absolute Gasteiger partial charge is 0.237 e. The van der Waals surface area contributed by atoms with Crippen LogP contribution < -0.4 is 10.2 Å². The largest absolute Gasteiger partial charge is 0.324 e. The Bertz CT molecular complexity index is 1070. The molecule has 10 heteroatoms. The zero-order valence-corrected chi connectivity index (χ0v) is 17.0. The maximum absolute atomic E-state index is 13.1. The lowest BCUT2D eigenvalue weighted by Gasteiger charge is -2.27. The Kier molecular flexibility index (Phi) is 5.50. The van der Waals surface area contributed by atoms with Crippen molar-refractivity contribution in [2.45, 2.75) is 24.5 Å². The summed E-state index contributed by atoms with van der Waals surface area (Å²) < 4.78 is 1.54. The van der Waals surface area contributed by atoms with Gasteiger partial charge >= 0.3 is 0 Å². The summed E-state index contributed by atoms with van der Waals surface area (Å²) in [5.74, 6) is -0.127. The summed E-state index contributed by atoms with van der Waals surface area (Å²) in [5, 5.41) is 15.6. The summed E-state index contributed by atoms with van der Waals surface area (Å²) in [5.41, 5.74) is 2.02. The van der Waals surface area contributed by atoms with Crippen molar-refractivity contribution in [1.29, 1.82) is 0 Å². The summed E-state index contributed by atoms with van der Waals surface area (Å²) in [7, 11) is 0. The topological polar surface area (TPSA) is 93.0 Å². The molecule has 4 rings (SSSR count). The van der Waals surface area contributed by atoms with Gasteiger partial charge in [0.2, 0.25) is 17.0 Å². The summed E-state index contributed by atoms with van der Waals surface area (Å²) in [4.78, 5) is 26.9. The Balaban J connectivity index is 1.55. The molecule has 0 saturated heterocycles. The van der Waals surface area contributed by atoms with Crippen molar-refractivity contribution in [2.75, 3.05) is 16.0 Å². The second kappa shape index (κ2) is 8.22. The van der Waals surface area contributed by atoms with E-state index in [0.717, 1.165) is 0 Å². The molecule has 0 unspecified atom stereocenters. The van der Waals surface area contributed by atoms with E-state index in [1.807, 2.05) is 31.2 Å². The van der Waals surface area contributed by atoms with Crippen LogP contribution in [0, 0.1) is 0 Å². The van der Waals surface area contributed by atoms with Crippen molar-refractivity contribution in [3.63, 3.8) is 0 Å². The quantitative estimate of drug-likeness (QED) is 0.641. The predicted octanol–water partition coefficient (Wildman–Crippen LogP) is 3.17. The van der Waals surface area contributed by atoms with Gasteiger partial charge in [0.1, 0.15) is 0 Å². The number of hydrogen-bond donors (Lipinski definition) is 1. The number of hydrogen-bond acceptors (Lipinski definition) is 6. The molecule has 148 valence electrons. The molecule has 1 atom stereocenters. The molecule has 2 aromatic carbocycles. The summed E-state index contributed by atoms with van der Waals surface area (Å²) in [6.45, 7) is 1.86. The minimum absolute atomic E-state index is 0.113. The molecule has 0 saturated carbocycles. The highest BCUT2D eigenvalue weighted by Crippen LogP contribution is 2.32. The zero-order valence-electron chi connectivity index (χ0n) is 15.4. The molecule has 3 aromatic rings. The zero-order chi connectivity index (χ0) is 20.4. The van der Waals surface area contributed by atoms with E-state index in [1.54, 1.807) is 29.2 Å². The van der Waals surface area contributed by atoms with Gasteiger partial charge < -0.3 is 10.2 Å². The fourth-order valence-electron chi connectivity index (χ4n) is 3.20. The number of tetrazole rings is 1. The van der Waals surface area contributed by atoms with Crippen LogP contribution in [0.25, 0.3) is 5.69 Å². The number of amides is 2. The molecule has 1 aromatic heterocycles. The van der Waals surface area contributed by atoms with Crippen LogP contribution in [-0.4, -0.2) is 43.8 Å². The highest BCUT2D eigenvalue weighted by molar-refractivity contribution is 7.99. The third-order valence-electron chi connectivity index (χ3n) is 4.45. The van der Waals surface area contributed by atoms with E-state index in [0.29, 0.717) is 27.2 Å². The van der Waals surface area contributed by atoms with Gasteiger partial charge in [-0.2, -0.15) is 4.68 Å². The monoisotopic (exact) mass is 428 g/mol. The molecule has 0 aliphatic carbocycles. The van der Waals surface area contributed by atoms with Crippen LogP contribution in [0.4, 0.5) is 11.4 Å². The highest BCUT2D eigenvalue weighted by Gasteiger charge is 2.29. The summed E-state index contributed by atoms with van der Waals surface area (Å²) in [6, 6.07) is 14.2. The van der Waals surface area contributed by atoms with Crippen LogP contribution in [0.3, 0.4) is 0 Å². The Morgan fingerprint density at radius 1 is 1.28 bits per heavy atom. The van der Waals surface area contributed by atoms with E-state index in [2.05, 4.69) is 20.8 Å². The minimum atomic E-state index is -0.268. The van der Waals surface area contributed by atoms with Crippen LogP contribution in [0.1, 0.15) is 13.3 Å². The van der Waals surface area contributed by atoms with Crippen molar-refractivity contribution in [2.24, 2.45) is 0 Å². The first kappa shape index (κ1) is 19.4. The first-order chi connectivity index (χ1) is 14.0. The molecule has 2 heterocycles. The van der Waals surface area contributed by atoms with Crippen LogP contribution in [0.5, 0.6) is 0 Å². The molecule has 2 amide bonds. The molecular weight excluding hydrogens is 412 g/mol. The molecule has 0 spiro atoms. The third kappa shape index (κ3) is 4.10. The van der Waals surface area contributed by atoms with Crippen LogP contribution >= 0.6 is 23.4 Å². The van der Waals surface area contributed by atoms with Crippen molar-refractivity contribution >= 4 is 46.6 Å². The average molecular weight is 429 g/mol. The molecule has 0 bridgehead atoms. The standard InChI is InChI=1S/C19H17ClN6O2S/c1-12-9-17(27)21-15-7-2-3-8-16(15)25(12)18(28)11-29-19-22-23-24-26(19)14-6-4-5-13(20)10-14/h2-8,10,12H,9,11H2,1H3,(H,21,27)/t12-/m1/s1. The minimum Gasteiger partial charge on any atom is -0.324 e. The fraction of sp³-hybridized carbons (Fsp3) is 0.211. The number of nitrogens with one attached hydrogen (secondary N) is 1. The number of carbonyl (C=O) groups excluding carboxylic acids is 2. The SMILES string of the molecule is C[C@@H]1CC(=O)Nc2ccccc2N1C(=O)CSc1nnnn1-c1cccc(Cl)c1. The van der Waals surface area contributed by atoms with Gasteiger partial charge in [-0.25, -0.2) is 0 Å². The molecule has 1 N–H and O–H groups in total. The first-order valence-electron chi connectivity index (χ1n) is 8.91. The molecule has 1 aliphatic rings. The number of carbonyl (C=O) groups is 2. The number of anilines is 2. The Hall–Kier alpha value is -2.91. The van der Waals surface area contributed by atoms with E-state index in [-0.39, 0.29) is 30.0 Å². The predicted molar refractivity (Wildman–Crippen MR) is 112 cm³/mol. The van der Waals surface area contributed by atoms with Gasteiger partial charge in [-0.1, -0.05) is 41.6 Å². The Labute approximate surface area is 176 Å². The Morgan fingerprint density at radius 2 is 2.10 bits per heavy atom. The molecule has 0 fully saturated rings. The first-order valence-corrected chi connectivity index (χ1v) is 10.3. The van der Waals surface area contributed by atoms with Gasteiger partial charge in [0.05, 0.1) is 22.8 Å². The van der Waals surface area contributed by atoms with Gasteiger partial charge in [0.25, 0.3) is 0 Å². The second-order valence-electron chi connectivity index (χ2n) is 6.52. The van der Waals surface area contributed by atoms with Gasteiger partial charge in [-0.3, -0.25) is 9.59 Å². The lowest BCUT2D eigenvalue weighted by molar-refractivity contribution is -0.117. The van der Waals surface area contributed by atoms with E-state index < -0.39 is 0 Å². The number of halogens is 1. The number of para-hydroxylation sites is 2. The van der Waals surface area contributed by atoms with E-state index in [4.69, 9.17) is 11.6 Å². The maximum Gasteiger partial charge on any atom is 0.237 e. The Morgan fingerprint density at radius 3 is 2.93 bits per heavy atom. The number of nitrogens with zero attached hydrogens (tertiary/aromatic N) is 5. The number of thioether (sulfide) groups is 1. The molecule has 0 radical (unpaired) electrons. The fourth-order valence-corrected chi connectivity index (χ4v) is 4.14. The van der Waals surface area contributed by atoms with E-state index in [1.165, 1.54) is 16.4 Å². The lowest BCUT2D eigenvalue weighted by Crippen LogP contribution is -2.40. The number of rotatable bonds is 4. The van der Waals surface area contributed by atoms with Crippen molar-refractivity contribution in [3.8, 4) is 5.69 Å². The van der Waals surface area contributed by atoms with Crippen LogP contribution in [0.15, 0.2) is 53.7 Å². The number of benzene rings is 2. The van der Waals surface area contributed by atoms with E-state index in [9.17, 15) is 9.59 Å². The van der Waals surface area contributed by atoms with Gasteiger partial charge in [-0.05, 0) is 47.7 Å². The lowest BCUT2D eigenvalue weighted by atomic mass is 10.2. The molecule has 8 nitrogen and oxygen atoms in total. The highest BCUT2D eigenvalue weighted by atomic mass is 35.5. The van der Waals surface area contributed by atoms with E-state index >= 15 is 0 Å². The van der Waals surface area contributed by atoms with Gasteiger partial charge in [0, 0.05) is 17.5 Å². The van der Waals surface area contributed by atoms with Gasteiger partial charge in [-0.15, -0.1) is 5.10 Å². The number of fused-ring (bicyclic) bond motifs is 1. The number of aromatic nitrogens is 4. The third-order valence-corrected chi connectivity index (χ3v) is 5.59. The summed E-state index contributed by atoms with van der Waals surface area (Å²) >= 11 is 7.28. The van der Waals surface area contributed by atoms with Crippen LogP contribution in [-0.2, 0) is 9.59 Å². The van der Waals surface area contributed by atoms with Crippen molar-refractivity contribution in [3.05, 3.63) is 53.6 Å². The maximum atomic E-state index is 13.1. The van der Waals surface area contributed by atoms with Crippen molar-refractivity contribution in [1.82, 2.24) is 20.2 Å². The van der Waals surface area contributed by atoms with Gasteiger partial charge in [0.15, 0.2) is 0 Å². The van der Waals surface area contributed by atoms with Crippen molar-refractivity contribution < 1.29 is 9.59 Å². The molecule has 1 aliphatic heterocycles. The molecular formula is C19H17ClN6O2S.